The molecule has 174 valence electrons. The van der Waals surface area contributed by atoms with E-state index >= 15 is 0 Å². The molecular weight excluding hydrogens is 459 g/mol. The first-order chi connectivity index (χ1) is 16.3. The number of hydrogen-bond donors (Lipinski definition) is 3. The average molecular weight is 481 g/mol. The molecule has 0 fully saturated rings. The maximum Gasteiger partial charge on any atom is 0.238 e. The van der Waals surface area contributed by atoms with E-state index in [0.29, 0.717) is 29.3 Å². The number of pyridine rings is 1. The van der Waals surface area contributed by atoms with Gasteiger partial charge >= 0.3 is 0 Å². The lowest BCUT2D eigenvalue weighted by molar-refractivity contribution is 0.306. The van der Waals surface area contributed by atoms with E-state index in [-0.39, 0.29) is 16.7 Å². The summed E-state index contributed by atoms with van der Waals surface area (Å²) in [7, 11) is -3.89. The van der Waals surface area contributed by atoms with Crippen molar-refractivity contribution in [3.05, 3.63) is 90.1 Å². The fraction of sp³-hybridized carbons (Fsp3) is 0.0870. The van der Waals surface area contributed by atoms with Crippen molar-refractivity contribution in [2.45, 2.75) is 18.4 Å². The highest BCUT2D eigenvalue weighted by Crippen LogP contribution is 2.24. The van der Waals surface area contributed by atoms with Crippen LogP contribution in [0.25, 0.3) is 0 Å². The summed E-state index contributed by atoms with van der Waals surface area (Å²) in [4.78, 5) is 12.1. The summed E-state index contributed by atoms with van der Waals surface area (Å²) in [6.45, 7) is 2.01. The number of benzene rings is 2. The van der Waals surface area contributed by atoms with Gasteiger partial charge in [0, 0.05) is 29.3 Å². The number of halogens is 1. The van der Waals surface area contributed by atoms with Crippen molar-refractivity contribution in [1.29, 1.82) is 0 Å². The van der Waals surface area contributed by atoms with Crippen LogP contribution in [-0.2, 0) is 16.6 Å². The number of ether oxygens (including phenoxy) is 1. The molecule has 11 heteroatoms. The lowest BCUT2D eigenvalue weighted by atomic mass is 10.2. The Hall–Kier alpha value is -4.09. The number of hydrogen-bond acceptors (Lipinski definition) is 8. The Morgan fingerprint density at radius 3 is 2.50 bits per heavy atom. The number of aryl methyl sites for hydroxylation is 1. The summed E-state index contributed by atoms with van der Waals surface area (Å²) in [5, 5.41) is 11.0. The maximum atomic E-state index is 14.3. The zero-order valence-electron chi connectivity index (χ0n) is 18.1. The minimum absolute atomic E-state index is 0.0243. The second-order valence-corrected chi connectivity index (χ2v) is 8.87. The third kappa shape index (κ3) is 5.82. The molecule has 0 amide bonds. The zero-order valence-corrected chi connectivity index (χ0v) is 18.9. The number of rotatable bonds is 8. The van der Waals surface area contributed by atoms with Crippen molar-refractivity contribution in [1.82, 2.24) is 15.0 Å². The van der Waals surface area contributed by atoms with E-state index in [1.54, 1.807) is 55.7 Å². The van der Waals surface area contributed by atoms with E-state index in [0.717, 1.165) is 11.8 Å². The van der Waals surface area contributed by atoms with Gasteiger partial charge in [0.1, 0.15) is 12.4 Å². The summed E-state index contributed by atoms with van der Waals surface area (Å²) in [5.41, 5.74) is 2.42. The molecule has 0 saturated carbocycles. The first kappa shape index (κ1) is 23.1. The Morgan fingerprint density at radius 2 is 1.79 bits per heavy atom. The number of aromatic nitrogens is 3. The standard InChI is InChI=1S/C23H21FN6O3S/c1-15-4-5-18(11-21(15)34(25,31)32)29-23-27-13-20(24)22(30-23)28-17-6-8-19(9-7-17)33-14-16-3-2-10-26-12-16/h2-13H,14H2,1H3,(H2,25,31,32)(H2,27,28,29,30). The molecule has 0 bridgehead atoms. The Balaban J connectivity index is 1.45. The molecule has 4 aromatic rings. The zero-order chi connectivity index (χ0) is 24.1. The Labute approximate surface area is 195 Å². The molecule has 2 aromatic carbocycles. The van der Waals surface area contributed by atoms with Crippen molar-refractivity contribution in [3.63, 3.8) is 0 Å². The first-order valence-corrected chi connectivity index (χ1v) is 11.6. The summed E-state index contributed by atoms with van der Waals surface area (Å²) >= 11 is 0. The molecule has 0 radical (unpaired) electrons. The van der Waals surface area contributed by atoms with Crippen molar-refractivity contribution in [2.75, 3.05) is 10.6 Å². The molecule has 0 aliphatic carbocycles. The van der Waals surface area contributed by atoms with Gasteiger partial charge in [-0.05, 0) is 55.0 Å². The fourth-order valence-electron chi connectivity index (χ4n) is 3.05. The van der Waals surface area contributed by atoms with Crippen LogP contribution in [0.5, 0.6) is 5.75 Å². The first-order valence-electron chi connectivity index (χ1n) is 10.1. The normalized spacial score (nSPS) is 11.1. The van der Waals surface area contributed by atoms with Gasteiger partial charge in [-0.1, -0.05) is 12.1 Å². The number of primary sulfonamides is 1. The van der Waals surface area contributed by atoms with Gasteiger partial charge in [-0.15, -0.1) is 0 Å². The molecule has 9 nitrogen and oxygen atoms in total. The van der Waals surface area contributed by atoms with Crippen LogP contribution in [0.15, 0.2) is 78.1 Å². The quantitative estimate of drug-likeness (QED) is 0.344. The lowest BCUT2D eigenvalue weighted by Crippen LogP contribution is -2.14. The van der Waals surface area contributed by atoms with Gasteiger partial charge in [0.25, 0.3) is 0 Å². The second kappa shape index (κ2) is 9.81. The van der Waals surface area contributed by atoms with E-state index in [1.165, 1.54) is 6.07 Å². The van der Waals surface area contributed by atoms with Crippen molar-refractivity contribution < 1.29 is 17.5 Å². The third-order valence-electron chi connectivity index (χ3n) is 4.74. The highest BCUT2D eigenvalue weighted by molar-refractivity contribution is 7.89. The molecule has 4 N–H and O–H groups in total. The van der Waals surface area contributed by atoms with E-state index < -0.39 is 15.8 Å². The molecule has 0 aliphatic rings. The number of nitrogens with two attached hydrogens (primary N) is 1. The topological polar surface area (TPSA) is 132 Å². The highest BCUT2D eigenvalue weighted by atomic mass is 32.2. The molecule has 34 heavy (non-hydrogen) atoms. The summed E-state index contributed by atoms with van der Waals surface area (Å²) in [6, 6.07) is 15.3. The van der Waals surface area contributed by atoms with Gasteiger partial charge in [-0.3, -0.25) is 4.98 Å². The summed E-state index contributed by atoms with van der Waals surface area (Å²) < 4.78 is 43.5. The highest BCUT2D eigenvalue weighted by Gasteiger charge is 2.13. The van der Waals surface area contributed by atoms with Crippen LogP contribution in [0.4, 0.5) is 27.5 Å². The van der Waals surface area contributed by atoms with E-state index in [1.807, 2.05) is 12.1 Å². The predicted molar refractivity (Wildman–Crippen MR) is 126 cm³/mol. The molecule has 2 heterocycles. The van der Waals surface area contributed by atoms with Crippen LogP contribution in [0, 0.1) is 12.7 Å². The van der Waals surface area contributed by atoms with Crippen molar-refractivity contribution in [2.24, 2.45) is 5.14 Å². The molecule has 4 rings (SSSR count). The van der Waals surface area contributed by atoms with Gasteiger partial charge < -0.3 is 15.4 Å². The van der Waals surface area contributed by atoms with Gasteiger partial charge in [0.15, 0.2) is 11.6 Å². The predicted octanol–water partition coefficient (Wildman–Crippen LogP) is 4.03. The van der Waals surface area contributed by atoms with Gasteiger partial charge in [0.2, 0.25) is 16.0 Å². The molecule has 0 aliphatic heterocycles. The Kier molecular flexibility index (Phi) is 6.66. The Bertz CT molecular complexity index is 1400. The lowest BCUT2D eigenvalue weighted by Gasteiger charge is -2.11. The van der Waals surface area contributed by atoms with Crippen LogP contribution in [0.2, 0.25) is 0 Å². The Morgan fingerprint density at radius 1 is 1.03 bits per heavy atom. The molecule has 2 aromatic heterocycles. The SMILES string of the molecule is Cc1ccc(Nc2ncc(F)c(Nc3ccc(OCc4cccnc4)cc3)n2)cc1S(N)(=O)=O. The second-order valence-electron chi connectivity index (χ2n) is 7.34. The third-order valence-corrected chi connectivity index (χ3v) is 5.79. The molecule has 0 spiro atoms. The van der Waals surface area contributed by atoms with E-state index in [9.17, 15) is 12.8 Å². The number of anilines is 4. The smallest absolute Gasteiger partial charge is 0.238 e. The van der Waals surface area contributed by atoms with Crippen LogP contribution in [0.3, 0.4) is 0 Å². The average Bonchev–Trinajstić information content (AvgIpc) is 2.82. The number of nitrogens with zero attached hydrogens (tertiary/aromatic N) is 3. The van der Waals surface area contributed by atoms with Crippen LogP contribution < -0.4 is 20.5 Å². The number of nitrogens with one attached hydrogen (secondary N) is 2. The largest absolute Gasteiger partial charge is 0.489 e. The van der Waals surface area contributed by atoms with Gasteiger partial charge in [0.05, 0.1) is 11.1 Å². The minimum Gasteiger partial charge on any atom is -0.489 e. The van der Waals surface area contributed by atoms with Crippen LogP contribution >= 0.6 is 0 Å². The molecule has 0 unspecified atom stereocenters. The molecular formula is C23H21FN6O3S. The summed E-state index contributed by atoms with van der Waals surface area (Å²) in [6.07, 6.45) is 4.43. The van der Waals surface area contributed by atoms with E-state index in [4.69, 9.17) is 9.88 Å². The minimum atomic E-state index is -3.89. The fourth-order valence-corrected chi connectivity index (χ4v) is 3.86. The number of sulfonamides is 1. The van der Waals surface area contributed by atoms with Crippen LogP contribution in [0.1, 0.15) is 11.1 Å². The van der Waals surface area contributed by atoms with Crippen LogP contribution in [-0.4, -0.2) is 23.4 Å². The summed E-state index contributed by atoms with van der Waals surface area (Å²) in [5.74, 6) is 0.00592. The van der Waals surface area contributed by atoms with Gasteiger partial charge in [-0.2, -0.15) is 4.98 Å². The maximum absolute atomic E-state index is 14.3. The van der Waals surface area contributed by atoms with E-state index in [2.05, 4.69) is 25.6 Å². The molecule has 0 saturated heterocycles. The van der Waals surface area contributed by atoms with Crippen molar-refractivity contribution >= 4 is 33.2 Å². The van der Waals surface area contributed by atoms with Gasteiger partial charge in [-0.25, -0.2) is 22.9 Å². The molecule has 0 atom stereocenters. The van der Waals surface area contributed by atoms with Crippen molar-refractivity contribution in [3.8, 4) is 5.75 Å². The monoisotopic (exact) mass is 480 g/mol.